The Hall–Kier alpha value is -1.33. The normalized spacial score (nSPS) is 19.3. The Morgan fingerprint density at radius 2 is 2.16 bits per heavy atom. The molecule has 1 aromatic heterocycles. The summed E-state index contributed by atoms with van der Waals surface area (Å²) in [6.07, 6.45) is 2.24. The first-order chi connectivity index (χ1) is 9.06. The van der Waals surface area contributed by atoms with Crippen LogP contribution in [0.4, 0.5) is 0 Å². The number of hydrogen-bond acceptors (Lipinski definition) is 5. The van der Waals surface area contributed by atoms with Gasteiger partial charge < -0.3 is 14.5 Å². The van der Waals surface area contributed by atoms with Crippen molar-refractivity contribution in [2.24, 2.45) is 0 Å². The molecule has 0 aromatic carbocycles. The quantitative estimate of drug-likeness (QED) is 0.840. The summed E-state index contributed by atoms with van der Waals surface area (Å²) in [7, 11) is 3.37. The van der Waals surface area contributed by atoms with Crippen LogP contribution in [0.1, 0.15) is 36.1 Å². The van der Waals surface area contributed by atoms with E-state index >= 15 is 0 Å². The summed E-state index contributed by atoms with van der Waals surface area (Å²) >= 11 is 0. The van der Waals surface area contributed by atoms with Crippen LogP contribution in [0.2, 0.25) is 0 Å². The molecule has 106 valence electrons. The summed E-state index contributed by atoms with van der Waals surface area (Å²) in [6.45, 7) is 5.07. The second kappa shape index (κ2) is 5.75. The van der Waals surface area contributed by atoms with Gasteiger partial charge in [0.05, 0.1) is 13.7 Å². The first kappa shape index (κ1) is 14.1. The average molecular weight is 266 g/mol. The molecule has 1 aliphatic heterocycles. The summed E-state index contributed by atoms with van der Waals surface area (Å²) in [4.78, 5) is 13.7. The molecule has 5 heteroatoms. The number of nitrogens with zero attached hydrogens (tertiary/aromatic N) is 1. The van der Waals surface area contributed by atoms with Crippen molar-refractivity contribution in [2.75, 3.05) is 27.2 Å². The van der Waals surface area contributed by atoms with Crippen LogP contribution in [0.5, 0.6) is 0 Å². The topological polar surface area (TPSA) is 54.7 Å². The molecule has 5 nitrogen and oxygen atoms in total. The van der Waals surface area contributed by atoms with Crippen molar-refractivity contribution in [3.63, 3.8) is 0 Å². The van der Waals surface area contributed by atoms with Crippen LogP contribution in [0.15, 0.2) is 16.5 Å². The molecule has 2 rings (SSSR count). The SMILES string of the molecule is CNC1(C)CCN(Cc2ccc(C(=O)OC)o2)CC1. The lowest BCUT2D eigenvalue weighted by Crippen LogP contribution is -2.49. The summed E-state index contributed by atoms with van der Waals surface area (Å²) in [5.41, 5.74) is 0.247. The fourth-order valence-corrected chi connectivity index (χ4v) is 2.35. The Morgan fingerprint density at radius 3 is 2.74 bits per heavy atom. The van der Waals surface area contributed by atoms with E-state index in [9.17, 15) is 4.79 Å². The number of methoxy groups -OCH3 is 1. The van der Waals surface area contributed by atoms with E-state index in [-0.39, 0.29) is 11.3 Å². The highest BCUT2D eigenvalue weighted by Gasteiger charge is 2.28. The number of furan rings is 1. The first-order valence-electron chi connectivity index (χ1n) is 6.64. The van der Waals surface area contributed by atoms with Crippen molar-refractivity contribution < 1.29 is 13.9 Å². The maximum atomic E-state index is 11.3. The predicted octanol–water partition coefficient (Wildman–Crippen LogP) is 1.64. The lowest BCUT2D eigenvalue weighted by molar-refractivity contribution is 0.0560. The van der Waals surface area contributed by atoms with E-state index in [1.54, 1.807) is 6.07 Å². The van der Waals surface area contributed by atoms with E-state index < -0.39 is 5.97 Å². The molecule has 0 amide bonds. The zero-order valence-electron chi connectivity index (χ0n) is 11.9. The van der Waals surface area contributed by atoms with E-state index in [1.165, 1.54) is 7.11 Å². The van der Waals surface area contributed by atoms with Gasteiger partial charge in [-0.1, -0.05) is 0 Å². The molecule has 1 N–H and O–H groups in total. The Kier molecular flexibility index (Phi) is 4.27. The van der Waals surface area contributed by atoms with Crippen molar-refractivity contribution in [3.8, 4) is 0 Å². The van der Waals surface area contributed by atoms with Crippen LogP contribution in [0.25, 0.3) is 0 Å². The van der Waals surface area contributed by atoms with Gasteiger partial charge in [0.25, 0.3) is 0 Å². The minimum Gasteiger partial charge on any atom is -0.463 e. The van der Waals surface area contributed by atoms with Crippen LogP contribution >= 0.6 is 0 Å². The molecule has 0 radical (unpaired) electrons. The van der Waals surface area contributed by atoms with Crippen LogP contribution in [-0.2, 0) is 11.3 Å². The van der Waals surface area contributed by atoms with Crippen molar-refractivity contribution in [3.05, 3.63) is 23.7 Å². The standard InChI is InChI=1S/C14H22N2O3/c1-14(15-2)6-8-16(9-7-14)10-11-4-5-12(19-11)13(17)18-3/h4-5,15H,6-10H2,1-3H3. The molecule has 19 heavy (non-hydrogen) atoms. The second-order valence-corrected chi connectivity index (χ2v) is 5.34. The van der Waals surface area contributed by atoms with E-state index in [1.807, 2.05) is 13.1 Å². The maximum absolute atomic E-state index is 11.3. The monoisotopic (exact) mass is 266 g/mol. The molecule has 2 heterocycles. The molecule has 0 unspecified atom stereocenters. The van der Waals surface area contributed by atoms with Gasteiger partial charge in [-0.25, -0.2) is 4.79 Å². The highest BCUT2D eigenvalue weighted by Crippen LogP contribution is 2.22. The molecule has 0 aliphatic carbocycles. The Labute approximate surface area is 113 Å². The van der Waals surface area contributed by atoms with Gasteiger partial charge in [-0.3, -0.25) is 4.90 Å². The molecule has 1 aliphatic rings. The molecule has 1 fully saturated rings. The van der Waals surface area contributed by atoms with Gasteiger partial charge in [-0.2, -0.15) is 0 Å². The van der Waals surface area contributed by atoms with Gasteiger partial charge in [-0.15, -0.1) is 0 Å². The number of ether oxygens (including phenoxy) is 1. The molecule has 0 spiro atoms. The number of esters is 1. The molecule has 1 saturated heterocycles. The number of carbonyl (C=O) groups is 1. The Balaban J connectivity index is 1.89. The van der Waals surface area contributed by atoms with E-state index in [0.29, 0.717) is 0 Å². The summed E-state index contributed by atoms with van der Waals surface area (Å²) in [5, 5.41) is 3.38. The van der Waals surface area contributed by atoms with Crippen molar-refractivity contribution in [1.82, 2.24) is 10.2 Å². The second-order valence-electron chi connectivity index (χ2n) is 5.34. The number of rotatable bonds is 4. The highest BCUT2D eigenvalue weighted by molar-refractivity contribution is 5.86. The molecule has 0 saturated carbocycles. The van der Waals surface area contributed by atoms with E-state index in [0.717, 1.165) is 38.2 Å². The number of nitrogens with one attached hydrogen (secondary N) is 1. The van der Waals surface area contributed by atoms with Gasteiger partial charge in [0.2, 0.25) is 5.76 Å². The van der Waals surface area contributed by atoms with Gasteiger partial charge in [0.1, 0.15) is 5.76 Å². The number of piperidine rings is 1. The largest absolute Gasteiger partial charge is 0.463 e. The maximum Gasteiger partial charge on any atom is 0.373 e. The predicted molar refractivity (Wildman–Crippen MR) is 72.0 cm³/mol. The molecule has 0 atom stereocenters. The molecule has 1 aromatic rings. The zero-order chi connectivity index (χ0) is 13.9. The third-order valence-corrected chi connectivity index (χ3v) is 3.99. The van der Waals surface area contributed by atoms with Crippen molar-refractivity contribution in [1.29, 1.82) is 0 Å². The van der Waals surface area contributed by atoms with Crippen LogP contribution in [-0.4, -0.2) is 43.7 Å². The smallest absolute Gasteiger partial charge is 0.373 e. The van der Waals surface area contributed by atoms with Crippen molar-refractivity contribution in [2.45, 2.75) is 31.8 Å². The van der Waals surface area contributed by atoms with Crippen LogP contribution in [0.3, 0.4) is 0 Å². The van der Waals surface area contributed by atoms with E-state index in [2.05, 4.69) is 21.9 Å². The summed E-state index contributed by atoms with van der Waals surface area (Å²) in [6, 6.07) is 3.51. The molecular formula is C14H22N2O3. The minimum absolute atomic E-state index is 0.247. The highest BCUT2D eigenvalue weighted by atomic mass is 16.5. The Bertz CT molecular complexity index is 434. The van der Waals surface area contributed by atoms with Crippen LogP contribution < -0.4 is 5.32 Å². The number of hydrogen-bond donors (Lipinski definition) is 1. The van der Waals surface area contributed by atoms with Gasteiger partial charge in [-0.05, 0) is 38.9 Å². The molecule has 0 bridgehead atoms. The third-order valence-electron chi connectivity index (χ3n) is 3.99. The fraction of sp³-hybridized carbons (Fsp3) is 0.643. The Morgan fingerprint density at radius 1 is 1.47 bits per heavy atom. The van der Waals surface area contributed by atoms with Gasteiger partial charge in [0.15, 0.2) is 0 Å². The number of likely N-dealkylation sites (tertiary alicyclic amines) is 1. The number of carbonyl (C=O) groups excluding carboxylic acids is 1. The van der Waals surface area contributed by atoms with Gasteiger partial charge in [0, 0.05) is 18.6 Å². The fourth-order valence-electron chi connectivity index (χ4n) is 2.35. The lowest BCUT2D eigenvalue weighted by atomic mass is 9.90. The molecular weight excluding hydrogens is 244 g/mol. The summed E-state index contributed by atoms with van der Waals surface area (Å²) in [5.74, 6) is 0.663. The average Bonchev–Trinajstić information content (AvgIpc) is 2.89. The minimum atomic E-state index is -0.423. The van der Waals surface area contributed by atoms with Crippen LogP contribution in [0, 0.1) is 0 Å². The van der Waals surface area contributed by atoms with E-state index in [4.69, 9.17) is 4.42 Å². The zero-order valence-corrected chi connectivity index (χ0v) is 11.9. The summed E-state index contributed by atoms with van der Waals surface area (Å²) < 4.78 is 10.1. The third kappa shape index (κ3) is 3.36. The van der Waals surface area contributed by atoms with Crippen molar-refractivity contribution >= 4 is 5.97 Å². The lowest BCUT2D eigenvalue weighted by Gasteiger charge is -2.39. The van der Waals surface area contributed by atoms with Gasteiger partial charge >= 0.3 is 5.97 Å². The first-order valence-corrected chi connectivity index (χ1v) is 6.64.